The van der Waals surface area contributed by atoms with Crippen molar-refractivity contribution in [3.63, 3.8) is 0 Å². The molecule has 112 valence electrons. The van der Waals surface area contributed by atoms with Gasteiger partial charge in [-0.3, -0.25) is 9.32 Å². The van der Waals surface area contributed by atoms with Crippen LogP contribution in [0.2, 0.25) is 5.02 Å². The molecule has 10 heteroatoms. The molecule has 0 saturated heterocycles. The van der Waals surface area contributed by atoms with Crippen molar-refractivity contribution in [3.8, 4) is 0 Å². The normalized spacial score (nSPS) is 11.5. The van der Waals surface area contributed by atoms with E-state index < -0.39 is 29.0 Å². The van der Waals surface area contributed by atoms with Crippen molar-refractivity contribution in [2.24, 2.45) is 7.05 Å². The molecular formula is C11H8ClF3N3O3+. The van der Waals surface area contributed by atoms with Gasteiger partial charge in [0.05, 0.1) is 16.3 Å². The Bertz CT molecular complexity index is 751. The van der Waals surface area contributed by atoms with Crippen molar-refractivity contribution in [2.75, 3.05) is 5.32 Å². The fourth-order valence-electron chi connectivity index (χ4n) is 1.56. The summed E-state index contributed by atoms with van der Waals surface area (Å²) >= 11 is 5.73. The lowest BCUT2D eigenvalue weighted by Gasteiger charge is -2.10. The number of anilines is 1. The number of alkyl halides is 3. The van der Waals surface area contributed by atoms with Crippen LogP contribution in [-0.2, 0) is 13.2 Å². The van der Waals surface area contributed by atoms with Crippen molar-refractivity contribution in [1.82, 2.24) is 5.27 Å². The Labute approximate surface area is 120 Å². The minimum absolute atomic E-state index is 0.0982. The third kappa shape index (κ3) is 3.07. The zero-order valence-electron chi connectivity index (χ0n) is 10.4. The molecule has 1 aromatic carbocycles. The number of nitrogens with one attached hydrogen (secondary N) is 2. The minimum Gasteiger partial charge on any atom is -0.315 e. The van der Waals surface area contributed by atoms with Crippen molar-refractivity contribution >= 4 is 23.2 Å². The molecular weight excluding hydrogens is 315 g/mol. The summed E-state index contributed by atoms with van der Waals surface area (Å²) in [5, 5.41) is 4.15. The summed E-state index contributed by atoms with van der Waals surface area (Å²) in [5.74, 6) is -0.950. The van der Waals surface area contributed by atoms with E-state index in [0.29, 0.717) is 6.07 Å². The van der Waals surface area contributed by atoms with E-state index in [9.17, 15) is 22.8 Å². The molecule has 2 N–H and O–H groups in total. The fraction of sp³-hybridized carbons (Fsp3) is 0.182. The highest BCUT2D eigenvalue weighted by Crippen LogP contribution is 2.33. The van der Waals surface area contributed by atoms with Crippen molar-refractivity contribution in [1.29, 1.82) is 0 Å². The largest absolute Gasteiger partial charge is 0.440 e. The molecule has 0 spiro atoms. The summed E-state index contributed by atoms with van der Waals surface area (Å²) in [6, 6.07) is 2.46. The molecule has 0 saturated carbocycles. The van der Waals surface area contributed by atoms with E-state index in [1.807, 2.05) is 0 Å². The van der Waals surface area contributed by atoms with Gasteiger partial charge < -0.3 is 5.32 Å². The average Bonchev–Trinajstić information content (AvgIpc) is 2.70. The van der Waals surface area contributed by atoms with Crippen LogP contribution in [0.4, 0.5) is 18.9 Å². The number of aromatic amines is 1. The molecule has 0 aliphatic heterocycles. The molecule has 0 aliphatic rings. The lowest BCUT2D eigenvalue weighted by molar-refractivity contribution is -0.741. The Morgan fingerprint density at radius 1 is 1.43 bits per heavy atom. The molecule has 1 heterocycles. The van der Waals surface area contributed by atoms with E-state index in [4.69, 9.17) is 11.6 Å². The number of halogens is 4. The second-order valence-electron chi connectivity index (χ2n) is 4.03. The summed E-state index contributed by atoms with van der Waals surface area (Å²) in [6.45, 7) is 0. The predicted octanol–water partition coefficient (Wildman–Crippen LogP) is 1.72. The molecule has 6 nitrogen and oxygen atoms in total. The van der Waals surface area contributed by atoms with Gasteiger partial charge in [-0.25, -0.2) is 4.79 Å². The van der Waals surface area contributed by atoms with Crippen LogP contribution in [-0.4, -0.2) is 11.2 Å². The van der Waals surface area contributed by atoms with E-state index in [2.05, 4.69) is 15.1 Å². The van der Waals surface area contributed by atoms with Crippen LogP contribution in [0.15, 0.2) is 27.5 Å². The van der Waals surface area contributed by atoms with E-state index in [1.165, 1.54) is 7.05 Å². The SMILES string of the molecule is C[n+]1[nH]oc(=O)c1C(=O)Nc1cc(C(F)(F)F)ccc1Cl. The Hall–Kier alpha value is -2.29. The van der Waals surface area contributed by atoms with Crippen LogP contribution in [0.3, 0.4) is 0 Å². The number of amides is 1. The topological polar surface area (TPSA) is 79.0 Å². The number of aryl methyl sites for hydroxylation is 1. The zero-order valence-corrected chi connectivity index (χ0v) is 11.2. The molecule has 0 atom stereocenters. The number of carbonyl (C=O) groups excluding carboxylic acids is 1. The van der Waals surface area contributed by atoms with E-state index in [-0.39, 0.29) is 10.7 Å². The van der Waals surface area contributed by atoms with Gasteiger partial charge in [0, 0.05) is 0 Å². The first-order valence-electron chi connectivity index (χ1n) is 5.45. The molecule has 21 heavy (non-hydrogen) atoms. The first-order valence-corrected chi connectivity index (χ1v) is 5.83. The second-order valence-corrected chi connectivity index (χ2v) is 4.44. The molecule has 0 aliphatic carbocycles. The quantitative estimate of drug-likeness (QED) is 0.826. The van der Waals surface area contributed by atoms with Gasteiger partial charge >= 0.3 is 23.4 Å². The lowest BCUT2D eigenvalue weighted by Crippen LogP contribution is -2.41. The smallest absolute Gasteiger partial charge is 0.315 e. The van der Waals surface area contributed by atoms with Crippen molar-refractivity contribution in [2.45, 2.75) is 6.18 Å². The van der Waals surface area contributed by atoms with Gasteiger partial charge in [-0.15, -0.1) is 0 Å². The molecule has 1 amide bonds. The van der Waals surface area contributed by atoms with E-state index in [1.54, 1.807) is 0 Å². The summed E-state index contributed by atoms with van der Waals surface area (Å²) < 4.78 is 43.2. The summed E-state index contributed by atoms with van der Waals surface area (Å²) in [5.41, 5.74) is -2.62. The monoisotopic (exact) mass is 322 g/mol. The number of benzene rings is 1. The maximum atomic E-state index is 12.6. The van der Waals surface area contributed by atoms with Gasteiger partial charge in [-0.2, -0.15) is 13.2 Å². The van der Waals surface area contributed by atoms with Gasteiger partial charge in [-0.05, 0) is 23.5 Å². The molecule has 0 fully saturated rings. The summed E-state index contributed by atoms with van der Waals surface area (Å²) in [7, 11) is 1.33. The first kappa shape index (κ1) is 15.1. The standard InChI is InChI=1S/C11H7ClF3N3O3/c1-18-8(10(20)21-17-18)9(19)16-7-4-5(11(13,14)15)2-3-6(7)12/h2-4H,1H3,(H-,16,17,19,20)/p+1. The molecule has 2 rings (SSSR count). The third-order valence-electron chi connectivity index (χ3n) is 2.56. The Morgan fingerprint density at radius 2 is 2.10 bits per heavy atom. The van der Waals surface area contributed by atoms with Crippen LogP contribution in [0, 0.1) is 0 Å². The van der Waals surface area contributed by atoms with Gasteiger partial charge in [0.1, 0.15) is 0 Å². The van der Waals surface area contributed by atoms with Gasteiger partial charge in [0.15, 0.2) is 7.05 Å². The molecule has 0 bridgehead atoms. The molecule has 1 aromatic heterocycles. The van der Waals surface area contributed by atoms with Gasteiger partial charge in [0.25, 0.3) is 0 Å². The Balaban J connectivity index is 2.36. The van der Waals surface area contributed by atoms with Crippen LogP contribution in [0.5, 0.6) is 0 Å². The average molecular weight is 323 g/mol. The van der Waals surface area contributed by atoms with Gasteiger partial charge in [0.2, 0.25) is 0 Å². The minimum atomic E-state index is -4.58. The van der Waals surface area contributed by atoms with E-state index >= 15 is 0 Å². The summed E-state index contributed by atoms with van der Waals surface area (Å²) in [6.07, 6.45) is -4.58. The Morgan fingerprint density at radius 3 is 2.62 bits per heavy atom. The first-order chi connectivity index (χ1) is 9.70. The number of carbonyl (C=O) groups is 1. The fourth-order valence-corrected chi connectivity index (χ4v) is 1.73. The maximum Gasteiger partial charge on any atom is 0.440 e. The molecule has 2 aromatic rings. The molecule has 0 radical (unpaired) electrons. The zero-order chi connectivity index (χ0) is 15.8. The van der Waals surface area contributed by atoms with Crippen LogP contribution < -0.4 is 15.6 Å². The lowest BCUT2D eigenvalue weighted by atomic mass is 10.2. The van der Waals surface area contributed by atoms with Crippen LogP contribution >= 0.6 is 11.6 Å². The van der Waals surface area contributed by atoms with Crippen molar-refractivity contribution in [3.05, 3.63) is 44.9 Å². The van der Waals surface area contributed by atoms with Crippen molar-refractivity contribution < 1.29 is 27.2 Å². The number of nitrogens with zero attached hydrogens (tertiary/aromatic N) is 1. The van der Waals surface area contributed by atoms with Crippen LogP contribution in [0.1, 0.15) is 16.1 Å². The number of hydrogen-bond acceptors (Lipinski definition) is 3. The van der Waals surface area contributed by atoms with Gasteiger partial charge in [-0.1, -0.05) is 16.3 Å². The Kier molecular flexibility index (Phi) is 3.77. The highest BCUT2D eigenvalue weighted by Gasteiger charge is 2.32. The predicted molar refractivity (Wildman–Crippen MR) is 64.9 cm³/mol. The highest BCUT2D eigenvalue weighted by atomic mass is 35.5. The highest BCUT2D eigenvalue weighted by molar-refractivity contribution is 6.33. The summed E-state index contributed by atoms with van der Waals surface area (Å²) in [4.78, 5) is 23.2. The number of aromatic nitrogens is 2. The third-order valence-corrected chi connectivity index (χ3v) is 2.89. The van der Waals surface area contributed by atoms with E-state index in [0.717, 1.165) is 16.8 Å². The van der Waals surface area contributed by atoms with Crippen LogP contribution in [0.25, 0.3) is 0 Å². The molecule has 0 unspecified atom stereocenters. The number of H-pyrrole nitrogens is 1. The number of rotatable bonds is 2. The maximum absolute atomic E-state index is 12.6. The number of hydrogen-bond donors (Lipinski definition) is 2. The second kappa shape index (κ2) is 5.24.